The van der Waals surface area contributed by atoms with Gasteiger partial charge >= 0.3 is 0 Å². The Morgan fingerprint density at radius 2 is 1.78 bits per heavy atom. The van der Waals surface area contributed by atoms with Crippen molar-refractivity contribution in [3.05, 3.63) is 105 Å². The summed E-state index contributed by atoms with van der Waals surface area (Å²) in [6.07, 6.45) is 2.82. The van der Waals surface area contributed by atoms with Crippen LogP contribution in [-0.4, -0.2) is 48.9 Å². The first-order valence-electron chi connectivity index (χ1n) is 12.8. The van der Waals surface area contributed by atoms with E-state index in [-0.39, 0.29) is 23.2 Å². The average Bonchev–Trinajstić information content (AvgIpc) is 3.27. The van der Waals surface area contributed by atoms with Crippen LogP contribution in [-0.2, 0) is 16.9 Å². The molecule has 0 N–H and O–H groups in total. The van der Waals surface area contributed by atoms with Crippen molar-refractivity contribution in [3.8, 4) is 0 Å². The minimum Gasteiger partial charge on any atom is -0.365 e. The van der Waals surface area contributed by atoms with Crippen LogP contribution < -0.4 is 0 Å². The van der Waals surface area contributed by atoms with Crippen molar-refractivity contribution in [2.45, 2.75) is 37.4 Å². The Bertz CT molecular complexity index is 1260. The number of piperidine rings is 1. The molecule has 1 amide bonds. The molecule has 0 radical (unpaired) electrons. The lowest BCUT2D eigenvalue weighted by Gasteiger charge is -2.40. The monoisotopic (exact) mass is 540 g/mol. The van der Waals surface area contributed by atoms with Crippen molar-refractivity contribution in [3.63, 3.8) is 0 Å². The molecular formula is C30H31Cl2FN2O2. The third-order valence-corrected chi connectivity index (χ3v) is 8.56. The first kappa shape index (κ1) is 26.2. The predicted molar refractivity (Wildman–Crippen MR) is 146 cm³/mol. The number of carbonyl (C=O) groups excluding carboxylic acids is 1. The smallest absolute Gasteiger partial charge is 0.253 e. The fourth-order valence-electron chi connectivity index (χ4n) is 5.63. The molecule has 2 heterocycles. The fourth-order valence-corrected chi connectivity index (χ4v) is 5.94. The molecule has 0 aromatic heterocycles. The van der Waals surface area contributed by atoms with Crippen LogP contribution in [0.4, 0.5) is 4.39 Å². The van der Waals surface area contributed by atoms with Crippen LogP contribution in [0, 0.1) is 5.82 Å². The number of hydrogen-bond acceptors (Lipinski definition) is 3. The van der Waals surface area contributed by atoms with Crippen molar-refractivity contribution < 1.29 is 13.9 Å². The Morgan fingerprint density at radius 1 is 1.05 bits per heavy atom. The minimum absolute atomic E-state index is 0.0727. The first-order chi connectivity index (χ1) is 17.8. The second-order valence-electron chi connectivity index (χ2n) is 10.1. The Balaban J connectivity index is 1.25. The van der Waals surface area contributed by atoms with Crippen molar-refractivity contribution in [1.29, 1.82) is 0 Å². The molecule has 0 bridgehead atoms. The zero-order valence-electron chi connectivity index (χ0n) is 20.9. The third kappa shape index (κ3) is 5.70. The van der Waals surface area contributed by atoms with Gasteiger partial charge in [-0.1, -0.05) is 53.5 Å². The van der Waals surface area contributed by atoms with Crippen LogP contribution in [0.3, 0.4) is 0 Å². The van der Waals surface area contributed by atoms with Crippen LogP contribution in [0.5, 0.6) is 0 Å². The molecule has 0 aliphatic carbocycles. The lowest BCUT2D eigenvalue weighted by atomic mass is 9.83. The van der Waals surface area contributed by atoms with Gasteiger partial charge < -0.3 is 14.5 Å². The van der Waals surface area contributed by atoms with Gasteiger partial charge in [-0.3, -0.25) is 4.79 Å². The number of halogens is 3. The van der Waals surface area contributed by atoms with Gasteiger partial charge in [0.25, 0.3) is 5.91 Å². The SMILES string of the molecule is CN(C[C@H](CCN1CCC2(CC1)OCc1ccccc12)c1ccc(Cl)c(Cl)c1)C(=O)c1ccc(F)cc1. The maximum Gasteiger partial charge on any atom is 0.253 e. The highest BCUT2D eigenvalue weighted by molar-refractivity contribution is 6.42. The van der Waals surface area contributed by atoms with Crippen molar-refractivity contribution in [2.24, 2.45) is 0 Å². The summed E-state index contributed by atoms with van der Waals surface area (Å²) in [7, 11) is 1.79. The van der Waals surface area contributed by atoms with E-state index in [0.29, 0.717) is 28.8 Å². The second kappa shape index (κ2) is 11.1. The summed E-state index contributed by atoms with van der Waals surface area (Å²) >= 11 is 12.5. The summed E-state index contributed by atoms with van der Waals surface area (Å²) < 4.78 is 19.7. The Kier molecular flexibility index (Phi) is 7.87. The number of ether oxygens (including phenoxy) is 1. The van der Waals surface area contributed by atoms with Gasteiger partial charge in [0, 0.05) is 38.2 Å². The van der Waals surface area contributed by atoms with E-state index in [1.165, 1.54) is 35.4 Å². The van der Waals surface area contributed by atoms with Gasteiger partial charge in [-0.25, -0.2) is 4.39 Å². The summed E-state index contributed by atoms with van der Waals surface area (Å²) in [6.45, 7) is 4.05. The first-order valence-corrected chi connectivity index (χ1v) is 13.5. The quantitative estimate of drug-likeness (QED) is 0.326. The molecule has 37 heavy (non-hydrogen) atoms. The molecule has 2 aliphatic heterocycles. The lowest BCUT2D eigenvalue weighted by Crippen LogP contribution is -2.43. The van der Waals surface area contributed by atoms with E-state index in [9.17, 15) is 9.18 Å². The predicted octanol–water partition coefficient (Wildman–Crippen LogP) is 6.90. The highest BCUT2D eigenvalue weighted by Crippen LogP contribution is 2.44. The summed E-state index contributed by atoms with van der Waals surface area (Å²) in [4.78, 5) is 17.2. The number of likely N-dealkylation sites (N-methyl/N-ethyl adjacent to an activating group) is 1. The minimum atomic E-state index is -0.359. The Hall–Kier alpha value is -2.44. The standard InChI is InChI=1S/C30H31Cl2FN2O2/c1-34(29(36)21-6-9-25(33)10-7-21)19-23(22-8-11-27(31)28(32)18-22)12-15-35-16-13-30(14-17-35)26-5-3-2-4-24(26)20-37-30/h2-11,18,23H,12-17,19-20H2,1H3/t23-/m0/s1. The zero-order chi connectivity index (χ0) is 26.0. The van der Waals surface area contributed by atoms with Gasteiger partial charge in [-0.05, 0) is 78.9 Å². The van der Waals surface area contributed by atoms with E-state index in [4.69, 9.17) is 27.9 Å². The van der Waals surface area contributed by atoms with E-state index in [2.05, 4.69) is 29.2 Å². The molecule has 1 saturated heterocycles. The molecule has 0 unspecified atom stereocenters. The van der Waals surface area contributed by atoms with Gasteiger partial charge in [0.15, 0.2) is 0 Å². The fraction of sp³-hybridized carbons (Fsp3) is 0.367. The maximum atomic E-state index is 13.3. The maximum absolute atomic E-state index is 13.3. The normalized spacial score (nSPS) is 17.5. The summed E-state index contributed by atoms with van der Waals surface area (Å²) in [5.41, 5.74) is 4.02. The summed E-state index contributed by atoms with van der Waals surface area (Å²) in [6, 6.07) is 19.9. The van der Waals surface area contributed by atoms with E-state index in [0.717, 1.165) is 44.5 Å². The molecule has 3 aromatic carbocycles. The highest BCUT2D eigenvalue weighted by Gasteiger charge is 2.42. The van der Waals surface area contributed by atoms with Gasteiger partial charge in [-0.15, -0.1) is 0 Å². The molecule has 1 atom stereocenters. The Morgan fingerprint density at radius 3 is 2.51 bits per heavy atom. The van der Waals surface area contributed by atoms with Gasteiger partial charge in [0.2, 0.25) is 0 Å². The lowest BCUT2D eigenvalue weighted by molar-refractivity contribution is -0.0790. The van der Waals surface area contributed by atoms with Gasteiger partial charge in [0.05, 0.1) is 22.3 Å². The molecule has 1 spiro atoms. The van der Waals surface area contributed by atoms with Crippen LogP contribution >= 0.6 is 23.2 Å². The topological polar surface area (TPSA) is 32.8 Å². The van der Waals surface area contributed by atoms with Crippen LogP contribution in [0.15, 0.2) is 66.7 Å². The number of nitrogens with zero attached hydrogens (tertiary/aromatic N) is 2. The molecule has 0 saturated carbocycles. The van der Waals surface area contributed by atoms with Crippen LogP contribution in [0.25, 0.3) is 0 Å². The summed E-state index contributed by atoms with van der Waals surface area (Å²) in [5.74, 6) is -0.423. The molecule has 194 valence electrons. The number of carbonyl (C=O) groups is 1. The number of hydrogen-bond donors (Lipinski definition) is 0. The zero-order valence-corrected chi connectivity index (χ0v) is 22.4. The summed E-state index contributed by atoms with van der Waals surface area (Å²) in [5, 5.41) is 1.02. The molecule has 2 aliphatic rings. The Labute approximate surface area is 227 Å². The van der Waals surface area contributed by atoms with Crippen molar-refractivity contribution >= 4 is 29.1 Å². The van der Waals surface area contributed by atoms with E-state index in [1.54, 1.807) is 11.9 Å². The number of fused-ring (bicyclic) bond motifs is 2. The number of rotatable bonds is 7. The van der Waals surface area contributed by atoms with E-state index >= 15 is 0 Å². The molecular weight excluding hydrogens is 510 g/mol. The van der Waals surface area contributed by atoms with E-state index in [1.807, 2.05) is 18.2 Å². The van der Waals surface area contributed by atoms with Crippen molar-refractivity contribution in [1.82, 2.24) is 9.80 Å². The number of amides is 1. The number of benzene rings is 3. The average molecular weight is 541 g/mol. The molecule has 3 aromatic rings. The van der Waals surface area contributed by atoms with Gasteiger partial charge in [0.1, 0.15) is 5.82 Å². The van der Waals surface area contributed by atoms with Crippen LogP contribution in [0.2, 0.25) is 10.0 Å². The van der Waals surface area contributed by atoms with Gasteiger partial charge in [-0.2, -0.15) is 0 Å². The highest BCUT2D eigenvalue weighted by atomic mass is 35.5. The number of likely N-dealkylation sites (tertiary alicyclic amines) is 1. The third-order valence-electron chi connectivity index (χ3n) is 7.82. The largest absolute Gasteiger partial charge is 0.365 e. The second-order valence-corrected chi connectivity index (χ2v) is 10.9. The molecule has 7 heteroatoms. The van der Waals surface area contributed by atoms with Crippen molar-refractivity contribution in [2.75, 3.05) is 33.2 Å². The molecule has 5 rings (SSSR count). The van der Waals surface area contributed by atoms with E-state index < -0.39 is 0 Å². The molecule has 4 nitrogen and oxygen atoms in total. The van der Waals surface area contributed by atoms with Crippen LogP contribution in [0.1, 0.15) is 52.2 Å². The molecule has 1 fully saturated rings.